The Bertz CT molecular complexity index is 722. The first-order valence-electron chi connectivity index (χ1n) is 7.86. The van der Waals surface area contributed by atoms with E-state index >= 15 is 0 Å². The number of aromatic nitrogens is 4. The molecular weight excluding hydrogens is 357 g/mol. The van der Waals surface area contributed by atoms with E-state index in [1.807, 2.05) is 0 Å². The molecule has 136 valence electrons. The van der Waals surface area contributed by atoms with Crippen molar-refractivity contribution < 1.29 is 18.0 Å². The van der Waals surface area contributed by atoms with Crippen LogP contribution < -0.4 is 10.6 Å². The van der Waals surface area contributed by atoms with Crippen molar-refractivity contribution in [2.75, 3.05) is 19.6 Å². The molecule has 0 spiro atoms. The van der Waals surface area contributed by atoms with Crippen LogP contribution in [0, 0.1) is 0 Å². The Labute approximate surface area is 145 Å². The Morgan fingerprint density at radius 1 is 1.40 bits per heavy atom. The molecule has 0 bridgehead atoms. The molecule has 2 aromatic heterocycles. The second-order valence-corrected chi connectivity index (χ2v) is 6.64. The summed E-state index contributed by atoms with van der Waals surface area (Å²) >= 11 is 0.926. The Hall–Kier alpha value is -2.01. The zero-order valence-electron chi connectivity index (χ0n) is 13.2. The van der Waals surface area contributed by atoms with Crippen LogP contribution in [0.5, 0.6) is 0 Å². The third kappa shape index (κ3) is 4.54. The number of amides is 1. The topological polar surface area (TPSA) is 84.7 Å². The van der Waals surface area contributed by atoms with E-state index in [0.717, 1.165) is 42.6 Å². The molecule has 0 atom stereocenters. The van der Waals surface area contributed by atoms with Gasteiger partial charge in [-0.3, -0.25) is 4.79 Å². The third-order valence-corrected chi connectivity index (χ3v) is 4.80. The van der Waals surface area contributed by atoms with Crippen molar-refractivity contribution in [3.63, 3.8) is 0 Å². The lowest BCUT2D eigenvalue weighted by atomic mass is 10.1. The van der Waals surface area contributed by atoms with E-state index in [2.05, 4.69) is 25.9 Å². The minimum atomic E-state index is -4.44. The van der Waals surface area contributed by atoms with Crippen LogP contribution in [0.3, 0.4) is 0 Å². The fraction of sp³-hybridized carbons (Fsp3) is 0.571. The fourth-order valence-corrected chi connectivity index (χ4v) is 3.36. The highest BCUT2D eigenvalue weighted by Gasteiger charge is 2.33. The number of hydrogen-bond donors (Lipinski definition) is 2. The Morgan fingerprint density at radius 3 is 2.84 bits per heavy atom. The lowest BCUT2D eigenvalue weighted by Crippen LogP contribution is -2.29. The highest BCUT2D eigenvalue weighted by Crippen LogP contribution is 2.30. The summed E-state index contributed by atoms with van der Waals surface area (Å²) in [5.41, 5.74) is -0.697. The molecule has 0 saturated carbocycles. The van der Waals surface area contributed by atoms with E-state index in [9.17, 15) is 18.0 Å². The summed E-state index contributed by atoms with van der Waals surface area (Å²) in [6.07, 6.45) is -0.747. The maximum atomic E-state index is 12.5. The number of alkyl halides is 3. The predicted molar refractivity (Wildman–Crippen MR) is 84.3 cm³/mol. The standard InChI is InChI=1S/C14H17F3N6OS/c15-14(16,17)11-8-25-12(20-11)3-6-19-13(24)10-7-23(22-21-10)9-1-4-18-5-2-9/h7-9,18H,1-6H2,(H,19,24). The first kappa shape index (κ1) is 17.8. The van der Waals surface area contributed by atoms with Gasteiger partial charge in [-0.05, 0) is 25.9 Å². The molecule has 0 radical (unpaired) electrons. The van der Waals surface area contributed by atoms with Crippen molar-refractivity contribution >= 4 is 17.2 Å². The first-order chi connectivity index (χ1) is 11.9. The van der Waals surface area contributed by atoms with Crippen LogP contribution in [0.25, 0.3) is 0 Å². The first-order valence-corrected chi connectivity index (χ1v) is 8.74. The van der Waals surface area contributed by atoms with Crippen LogP contribution in [0.15, 0.2) is 11.6 Å². The summed E-state index contributed by atoms with van der Waals surface area (Å²) in [6, 6.07) is 0.228. The van der Waals surface area contributed by atoms with E-state index in [4.69, 9.17) is 0 Å². The third-order valence-electron chi connectivity index (χ3n) is 3.89. The minimum absolute atomic E-state index is 0.184. The van der Waals surface area contributed by atoms with Gasteiger partial charge in [-0.25, -0.2) is 9.67 Å². The summed E-state index contributed by atoms with van der Waals surface area (Å²) in [5, 5.41) is 15.1. The SMILES string of the molecule is O=C(NCCc1nc(C(F)(F)F)cs1)c1cn(C2CCNCC2)nn1. The van der Waals surface area contributed by atoms with Gasteiger partial charge >= 0.3 is 6.18 Å². The van der Waals surface area contributed by atoms with Crippen molar-refractivity contribution in [3.05, 3.63) is 28.0 Å². The van der Waals surface area contributed by atoms with Crippen LogP contribution >= 0.6 is 11.3 Å². The van der Waals surface area contributed by atoms with E-state index in [0.29, 0.717) is 5.01 Å². The fourth-order valence-electron chi connectivity index (χ4n) is 2.56. The molecule has 0 aromatic carbocycles. The van der Waals surface area contributed by atoms with Gasteiger partial charge in [-0.15, -0.1) is 16.4 Å². The highest BCUT2D eigenvalue weighted by molar-refractivity contribution is 7.09. The number of thiazole rings is 1. The molecule has 1 aliphatic heterocycles. The largest absolute Gasteiger partial charge is 0.434 e. The van der Waals surface area contributed by atoms with Gasteiger partial charge in [0.15, 0.2) is 11.4 Å². The van der Waals surface area contributed by atoms with Gasteiger partial charge in [-0.1, -0.05) is 5.21 Å². The molecule has 1 saturated heterocycles. The van der Waals surface area contributed by atoms with Crippen molar-refractivity contribution in [3.8, 4) is 0 Å². The molecule has 0 unspecified atom stereocenters. The van der Waals surface area contributed by atoms with Crippen molar-refractivity contribution in [1.82, 2.24) is 30.6 Å². The zero-order chi connectivity index (χ0) is 17.9. The number of carbonyl (C=O) groups is 1. The molecule has 2 N–H and O–H groups in total. The number of nitrogens with one attached hydrogen (secondary N) is 2. The molecule has 2 aromatic rings. The van der Waals surface area contributed by atoms with Crippen LogP contribution in [0.1, 0.15) is 40.1 Å². The highest BCUT2D eigenvalue weighted by atomic mass is 32.1. The van der Waals surface area contributed by atoms with Crippen LogP contribution in [-0.4, -0.2) is 45.5 Å². The summed E-state index contributed by atoms with van der Waals surface area (Å²) in [4.78, 5) is 15.6. The van der Waals surface area contributed by atoms with Gasteiger partial charge in [0.05, 0.1) is 17.2 Å². The normalized spacial score (nSPS) is 16.1. The van der Waals surface area contributed by atoms with E-state index in [1.54, 1.807) is 10.9 Å². The van der Waals surface area contributed by atoms with Gasteiger partial charge < -0.3 is 10.6 Å². The van der Waals surface area contributed by atoms with E-state index in [1.165, 1.54) is 0 Å². The molecule has 1 amide bonds. The quantitative estimate of drug-likeness (QED) is 0.831. The van der Waals surface area contributed by atoms with Crippen LogP contribution in [0.2, 0.25) is 0 Å². The molecule has 25 heavy (non-hydrogen) atoms. The second kappa shape index (κ2) is 7.48. The minimum Gasteiger partial charge on any atom is -0.350 e. The van der Waals surface area contributed by atoms with Gasteiger partial charge in [-0.2, -0.15) is 13.2 Å². The number of carbonyl (C=O) groups excluding carboxylic acids is 1. The Morgan fingerprint density at radius 2 is 2.16 bits per heavy atom. The summed E-state index contributed by atoms with van der Waals surface area (Å²) in [6.45, 7) is 1.99. The number of halogens is 3. The average molecular weight is 374 g/mol. The van der Waals surface area contributed by atoms with Gasteiger partial charge in [0.1, 0.15) is 0 Å². The smallest absolute Gasteiger partial charge is 0.350 e. The molecule has 3 heterocycles. The predicted octanol–water partition coefficient (Wildman–Crippen LogP) is 1.65. The van der Waals surface area contributed by atoms with Crippen LogP contribution in [0.4, 0.5) is 13.2 Å². The maximum Gasteiger partial charge on any atom is 0.434 e. The summed E-state index contributed by atoms with van der Waals surface area (Å²) in [5.74, 6) is -0.396. The molecular formula is C14H17F3N6OS. The monoisotopic (exact) mass is 374 g/mol. The van der Waals surface area contributed by atoms with E-state index < -0.39 is 17.8 Å². The average Bonchev–Trinajstić information content (AvgIpc) is 3.25. The summed E-state index contributed by atoms with van der Waals surface area (Å²) < 4.78 is 39.1. The van der Waals surface area contributed by atoms with Crippen molar-refractivity contribution in [1.29, 1.82) is 0 Å². The zero-order valence-corrected chi connectivity index (χ0v) is 14.0. The van der Waals surface area contributed by atoms with Crippen molar-refractivity contribution in [2.24, 2.45) is 0 Å². The molecule has 0 aliphatic carbocycles. The number of nitrogens with zero attached hydrogens (tertiary/aromatic N) is 4. The van der Waals surface area contributed by atoms with Gasteiger partial charge in [0.25, 0.3) is 5.91 Å². The van der Waals surface area contributed by atoms with Gasteiger partial charge in [0, 0.05) is 18.3 Å². The Kier molecular flexibility index (Phi) is 5.33. The lowest BCUT2D eigenvalue weighted by Gasteiger charge is -2.22. The Balaban J connectivity index is 1.49. The summed E-state index contributed by atoms with van der Waals surface area (Å²) in [7, 11) is 0. The molecule has 11 heteroatoms. The lowest BCUT2D eigenvalue weighted by molar-refractivity contribution is -0.140. The van der Waals surface area contributed by atoms with Crippen LogP contribution in [-0.2, 0) is 12.6 Å². The molecule has 7 nitrogen and oxygen atoms in total. The second-order valence-electron chi connectivity index (χ2n) is 5.70. The molecule has 1 aliphatic rings. The number of rotatable bonds is 5. The van der Waals surface area contributed by atoms with Gasteiger partial charge in [0.2, 0.25) is 0 Å². The molecule has 3 rings (SSSR count). The number of piperidine rings is 1. The van der Waals surface area contributed by atoms with Crippen molar-refractivity contribution in [2.45, 2.75) is 31.5 Å². The maximum absolute atomic E-state index is 12.5. The number of hydrogen-bond acceptors (Lipinski definition) is 6. The molecule has 1 fully saturated rings. The van der Waals surface area contributed by atoms with E-state index in [-0.39, 0.29) is 24.7 Å².